The van der Waals surface area contributed by atoms with Gasteiger partial charge in [0.1, 0.15) is 0 Å². The number of nitrogens with one attached hydrogen (secondary N) is 1. The third-order valence-electron chi connectivity index (χ3n) is 5.12. The van der Waals surface area contributed by atoms with Crippen LogP contribution in [-0.2, 0) is 4.79 Å². The number of fused-ring (bicyclic) bond motifs is 2. The van der Waals surface area contributed by atoms with E-state index in [4.69, 9.17) is 0 Å². The highest BCUT2D eigenvalue weighted by molar-refractivity contribution is 6.29. The summed E-state index contributed by atoms with van der Waals surface area (Å²) >= 11 is 0. The van der Waals surface area contributed by atoms with Gasteiger partial charge in [0.2, 0.25) is 0 Å². The van der Waals surface area contributed by atoms with E-state index in [1.807, 2.05) is 55.6 Å². The van der Waals surface area contributed by atoms with Crippen LogP contribution in [0.1, 0.15) is 23.7 Å². The van der Waals surface area contributed by atoms with Crippen molar-refractivity contribution >= 4 is 28.9 Å². The van der Waals surface area contributed by atoms with Gasteiger partial charge in [-0.15, -0.1) is 0 Å². The van der Waals surface area contributed by atoms with E-state index in [0.29, 0.717) is 28.9 Å². The average molecular weight is 347 g/mol. The maximum atomic E-state index is 13.3. The van der Waals surface area contributed by atoms with Crippen molar-refractivity contribution in [3.8, 4) is 0 Å². The Morgan fingerprint density at radius 2 is 1.77 bits per heavy atom. The Morgan fingerprint density at radius 3 is 2.54 bits per heavy atom. The van der Waals surface area contributed by atoms with Crippen LogP contribution in [0, 0.1) is 0 Å². The Labute approximate surface area is 152 Å². The topological polar surface area (TPSA) is 52.7 Å². The minimum absolute atomic E-state index is 0.172. The number of imide groups is 1. The Balaban J connectivity index is 1.83. The molecule has 5 heteroatoms. The molecule has 2 aliphatic heterocycles. The maximum absolute atomic E-state index is 13.3. The number of hydrogen-bond donors (Lipinski definition) is 1. The van der Waals surface area contributed by atoms with Crippen LogP contribution in [0.3, 0.4) is 0 Å². The van der Waals surface area contributed by atoms with Gasteiger partial charge >= 0.3 is 0 Å². The maximum Gasteiger partial charge on any atom is 0.267 e. The largest absolute Gasteiger partial charge is 0.353 e. The standard InChI is InChI=1S/C21H21N3O2/c1-14-13-15(11-12-23(14)2)20(25)24-19-10-6-5-9-18(19)22-17-8-4-3-7-16(17)21(24)26/h3-10,13-14,22H,11-12H2,1-2H3. The smallest absolute Gasteiger partial charge is 0.267 e. The van der Waals surface area contributed by atoms with Gasteiger partial charge in [0.15, 0.2) is 0 Å². The molecular formula is C21H21N3O2. The predicted octanol–water partition coefficient (Wildman–Crippen LogP) is 3.57. The van der Waals surface area contributed by atoms with Gasteiger partial charge in [-0.05, 0) is 44.7 Å². The van der Waals surface area contributed by atoms with Gasteiger partial charge in [-0.25, -0.2) is 4.90 Å². The molecular weight excluding hydrogens is 326 g/mol. The molecule has 1 atom stereocenters. The Kier molecular flexibility index (Phi) is 4.09. The second-order valence-corrected chi connectivity index (χ2v) is 6.80. The molecule has 0 aromatic heterocycles. The van der Waals surface area contributed by atoms with Crippen LogP contribution in [0.4, 0.5) is 17.1 Å². The summed E-state index contributed by atoms with van der Waals surface area (Å²) in [5.74, 6) is -0.531. The zero-order valence-corrected chi connectivity index (χ0v) is 14.9. The van der Waals surface area contributed by atoms with Crippen molar-refractivity contribution in [2.45, 2.75) is 19.4 Å². The fraction of sp³-hybridized carbons (Fsp3) is 0.238. The lowest BCUT2D eigenvalue weighted by molar-refractivity contribution is -0.114. The lowest BCUT2D eigenvalue weighted by atomic mass is 10.0. The highest BCUT2D eigenvalue weighted by atomic mass is 16.2. The highest BCUT2D eigenvalue weighted by Crippen LogP contribution is 2.36. The molecule has 4 rings (SSSR count). The van der Waals surface area contributed by atoms with Gasteiger partial charge in [0.25, 0.3) is 11.8 Å². The molecule has 0 saturated carbocycles. The van der Waals surface area contributed by atoms with Gasteiger partial charge in [-0.1, -0.05) is 30.3 Å². The number of carbonyl (C=O) groups is 2. The molecule has 1 unspecified atom stereocenters. The van der Waals surface area contributed by atoms with Crippen molar-refractivity contribution in [2.75, 3.05) is 23.8 Å². The van der Waals surface area contributed by atoms with Gasteiger partial charge < -0.3 is 5.32 Å². The molecule has 2 aromatic carbocycles. The number of benzene rings is 2. The quantitative estimate of drug-likeness (QED) is 0.802. The van der Waals surface area contributed by atoms with E-state index in [-0.39, 0.29) is 17.9 Å². The molecule has 1 N–H and O–H groups in total. The first-order valence-corrected chi connectivity index (χ1v) is 8.81. The molecule has 0 fully saturated rings. The summed E-state index contributed by atoms with van der Waals surface area (Å²) in [5.41, 5.74) is 3.25. The molecule has 2 amide bonds. The van der Waals surface area contributed by atoms with Crippen LogP contribution in [0.5, 0.6) is 0 Å². The molecule has 5 nitrogen and oxygen atoms in total. The zero-order chi connectivity index (χ0) is 18.3. The van der Waals surface area contributed by atoms with E-state index in [2.05, 4.69) is 17.1 Å². The average Bonchev–Trinajstić information content (AvgIpc) is 2.77. The predicted molar refractivity (Wildman–Crippen MR) is 103 cm³/mol. The third kappa shape index (κ3) is 2.70. The molecule has 0 radical (unpaired) electrons. The highest BCUT2D eigenvalue weighted by Gasteiger charge is 2.33. The van der Waals surface area contributed by atoms with E-state index in [9.17, 15) is 9.59 Å². The molecule has 2 aliphatic rings. The van der Waals surface area contributed by atoms with Gasteiger partial charge in [-0.3, -0.25) is 14.5 Å². The number of rotatable bonds is 1. The van der Waals surface area contributed by atoms with Crippen LogP contribution in [0.15, 0.2) is 60.2 Å². The summed E-state index contributed by atoms with van der Waals surface area (Å²) in [6, 6.07) is 14.9. The summed E-state index contributed by atoms with van der Waals surface area (Å²) in [6.07, 6.45) is 2.60. The number of likely N-dealkylation sites (N-methyl/N-ethyl adjacent to an activating group) is 1. The fourth-order valence-corrected chi connectivity index (χ4v) is 3.45. The monoisotopic (exact) mass is 347 g/mol. The van der Waals surface area contributed by atoms with Crippen molar-refractivity contribution in [2.24, 2.45) is 0 Å². The summed E-state index contributed by atoms with van der Waals surface area (Å²) in [7, 11) is 2.04. The van der Waals surface area contributed by atoms with Crippen molar-refractivity contribution in [3.63, 3.8) is 0 Å². The number of hydrogen-bond acceptors (Lipinski definition) is 4. The molecule has 2 aromatic rings. The minimum atomic E-state index is -0.296. The van der Waals surface area contributed by atoms with Crippen molar-refractivity contribution in [1.29, 1.82) is 0 Å². The summed E-state index contributed by atoms with van der Waals surface area (Å²) in [4.78, 5) is 30.1. The summed E-state index contributed by atoms with van der Waals surface area (Å²) < 4.78 is 0. The molecule has 2 heterocycles. The van der Waals surface area contributed by atoms with Crippen LogP contribution >= 0.6 is 0 Å². The van der Waals surface area contributed by atoms with Crippen LogP contribution in [0.2, 0.25) is 0 Å². The van der Waals surface area contributed by atoms with Crippen LogP contribution < -0.4 is 10.2 Å². The number of nitrogens with zero attached hydrogens (tertiary/aromatic N) is 2. The molecule has 0 saturated heterocycles. The van der Waals surface area contributed by atoms with Gasteiger partial charge in [0, 0.05) is 18.2 Å². The van der Waals surface area contributed by atoms with Crippen molar-refractivity contribution in [3.05, 3.63) is 65.7 Å². The molecule has 0 aliphatic carbocycles. The normalized spacial score (nSPS) is 19.8. The first-order valence-electron chi connectivity index (χ1n) is 8.81. The minimum Gasteiger partial charge on any atom is -0.353 e. The number of anilines is 3. The molecule has 0 spiro atoms. The van der Waals surface area contributed by atoms with Gasteiger partial charge in [-0.2, -0.15) is 0 Å². The SMILES string of the molecule is CC1C=C(C(=O)N2C(=O)c3ccccc3Nc3ccccc32)CCN1C. The number of amides is 2. The van der Waals surface area contributed by atoms with Gasteiger partial charge in [0.05, 0.1) is 22.6 Å². The molecule has 26 heavy (non-hydrogen) atoms. The fourth-order valence-electron chi connectivity index (χ4n) is 3.45. The number of carbonyl (C=O) groups excluding carboxylic acids is 2. The summed E-state index contributed by atoms with van der Waals surface area (Å²) in [5, 5.41) is 3.29. The summed E-state index contributed by atoms with van der Waals surface area (Å²) in [6.45, 7) is 2.86. The molecule has 132 valence electrons. The lowest BCUT2D eigenvalue weighted by Crippen LogP contribution is -2.41. The van der Waals surface area contributed by atoms with E-state index in [1.165, 1.54) is 4.90 Å². The first-order chi connectivity index (χ1) is 12.6. The zero-order valence-electron chi connectivity index (χ0n) is 14.9. The van der Waals surface area contributed by atoms with Crippen LogP contribution in [-0.4, -0.2) is 36.3 Å². The van der Waals surface area contributed by atoms with E-state index in [0.717, 1.165) is 12.2 Å². The Hall–Kier alpha value is -2.92. The van der Waals surface area contributed by atoms with Crippen molar-refractivity contribution in [1.82, 2.24) is 4.90 Å². The lowest BCUT2D eigenvalue weighted by Gasteiger charge is -2.30. The van der Waals surface area contributed by atoms with E-state index in [1.54, 1.807) is 6.07 Å². The second kappa shape index (κ2) is 6.42. The Morgan fingerprint density at radius 1 is 1.08 bits per heavy atom. The van der Waals surface area contributed by atoms with Crippen molar-refractivity contribution < 1.29 is 9.59 Å². The second-order valence-electron chi connectivity index (χ2n) is 6.80. The van der Waals surface area contributed by atoms with E-state index >= 15 is 0 Å². The first kappa shape index (κ1) is 16.5. The Bertz CT molecular complexity index is 919. The molecule has 0 bridgehead atoms. The van der Waals surface area contributed by atoms with Crippen LogP contribution in [0.25, 0.3) is 0 Å². The third-order valence-corrected chi connectivity index (χ3v) is 5.12. The number of para-hydroxylation sites is 3. The van der Waals surface area contributed by atoms with E-state index < -0.39 is 0 Å².